The molecule has 3 rings (SSSR count). The van der Waals surface area contributed by atoms with Crippen LogP contribution in [0.25, 0.3) is 22.4 Å². The van der Waals surface area contributed by atoms with Crippen LogP contribution >= 0.6 is 0 Å². The van der Waals surface area contributed by atoms with Crippen LogP contribution in [0.2, 0.25) is 18.1 Å². The molecule has 0 radical (unpaired) electrons. The smallest absolute Gasteiger partial charge is 0.159 e. The lowest BCUT2D eigenvalue weighted by Crippen LogP contribution is -2.52. The average Bonchev–Trinajstić information content (AvgIpc) is 2.93. The van der Waals surface area contributed by atoms with E-state index in [1.54, 1.807) is 0 Å². The van der Waals surface area contributed by atoms with E-state index in [0.717, 1.165) is 28.1 Å². The largest absolute Gasteiger partial charge is 0.260 e. The van der Waals surface area contributed by atoms with Gasteiger partial charge in [-0.3, -0.25) is 10.1 Å². The second kappa shape index (κ2) is 5.73. The third-order valence-electron chi connectivity index (χ3n) is 5.89. The van der Waals surface area contributed by atoms with Crippen LogP contribution in [0.5, 0.6) is 0 Å². The van der Waals surface area contributed by atoms with Gasteiger partial charge in [0.05, 0.1) is 19.2 Å². The van der Waals surface area contributed by atoms with Crippen molar-refractivity contribution in [3.8, 4) is 11.4 Å². The SMILES string of the molecule is Cc1nc(-c2n[nH]c3ncncc23)c(C)c([Si](C)(C)C(C)(C)C)c1C. The van der Waals surface area contributed by atoms with Crippen LogP contribution in [0.1, 0.15) is 37.6 Å². The first kappa shape index (κ1) is 17.7. The second-order valence-corrected chi connectivity index (χ2v) is 13.7. The van der Waals surface area contributed by atoms with E-state index in [-0.39, 0.29) is 5.04 Å². The fraction of sp³-hybridized carbons (Fsp3) is 0.474. The molecule has 0 aromatic carbocycles. The maximum absolute atomic E-state index is 4.91. The molecule has 0 saturated carbocycles. The zero-order valence-electron chi connectivity index (χ0n) is 16.4. The van der Waals surface area contributed by atoms with Crippen LogP contribution in [-0.2, 0) is 0 Å². The first-order valence-electron chi connectivity index (χ1n) is 8.68. The molecule has 25 heavy (non-hydrogen) atoms. The number of aromatic amines is 1. The molecule has 3 aromatic rings. The van der Waals surface area contributed by atoms with Crippen molar-refractivity contribution in [1.82, 2.24) is 25.1 Å². The summed E-state index contributed by atoms with van der Waals surface area (Å²) in [6.07, 6.45) is 3.34. The van der Waals surface area contributed by atoms with Gasteiger partial charge in [0.1, 0.15) is 12.0 Å². The molecule has 5 nitrogen and oxygen atoms in total. The number of aryl methyl sites for hydroxylation is 1. The van der Waals surface area contributed by atoms with Gasteiger partial charge in [0.2, 0.25) is 0 Å². The minimum atomic E-state index is -1.72. The van der Waals surface area contributed by atoms with E-state index in [1.807, 2.05) is 6.20 Å². The highest BCUT2D eigenvalue weighted by atomic mass is 28.3. The Morgan fingerprint density at radius 3 is 2.32 bits per heavy atom. The summed E-state index contributed by atoms with van der Waals surface area (Å²) in [6.45, 7) is 18.5. The summed E-state index contributed by atoms with van der Waals surface area (Å²) in [5, 5.41) is 10.2. The summed E-state index contributed by atoms with van der Waals surface area (Å²) < 4.78 is 0. The molecule has 3 heterocycles. The summed E-state index contributed by atoms with van der Waals surface area (Å²) in [5.41, 5.74) is 6.18. The monoisotopic (exact) mass is 353 g/mol. The Hall–Kier alpha value is -2.08. The third-order valence-corrected chi connectivity index (χ3v) is 11.6. The van der Waals surface area contributed by atoms with Gasteiger partial charge in [0.15, 0.2) is 5.65 Å². The number of nitrogens with one attached hydrogen (secondary N) is 1. The zero-order chi connectivity index (χ0) is 18.6. The molecular formula is C19H27N5Si. The Morgan fingerprint density at radius 1 is 1.00 bits per heavy atom. The van der Waals surface area contributed by atoms with Crippen LogP contribution in [0, 0.1) is 20.8 Å². The predicted octanol–water partition coefficient (Wildman–Crippen LogP) is 4.06. The van der Waals surface area contributed by atoms with E-state index in [0.29, 0.717) is 0 Å². The van der Waals surface area contributed by atoms with Crippen molar-refractivity contribution in [3.05, 3.63) is 29.3 Å². The minimum Gasteiger partial charge on any atom is -0.260 e. The summed E-state index contributed by atoms with van der Waals surface area (Å²) >= 11 is 0. The second-order valence-electron chi connectivity index (χ2n) is 8.40. The summed E-state index contributed by atoms with van der Waals surface area (Å²) in [4.78, 5) is 13.3. The molecule has 0 atom stereocenters. The lowest BCUT2D eigenvalue weighted by Gasteiger charge is -2.40. The summed E-state index contributed by atoms with van der Waals surface area (Å²) in [7, 11) is -1.72. The lowest BCUT2D eigenvalue weighted by atomic mass is 10.1. The van der Waals surface area contributed by atoms with E-state index in [2.05, 4.69) is 74.8 Å². The van der Waals surface area contributed by atoms with Gasteiger partial charge in [0, 0.05) is 11.9 Å². The van der Waals surface area contributed by atoms with Gasteiger partial charge in [-0.25, -0.2) is 9.97 Å². The van der Waals surface area contributed by atoms with Crippen molar-refractivity contribution in [2.75, 3.05) is 0 Å². The summed E-state index contributed by atoms with van der Waals surface area (Å²) in [5.74, 6) is 0. The van der Waals surface area contributed by atoms with E-state index in [4.69, 9.17) is 4.98 Å². The summed E-state index contributed by atoms with van der Waals surface area (Å²) in [6, 6.07) is 0. The molecule has 0 bridgehead atoms. The van der Waals surface area contributed by atoms with Gasteiger partial charge < -0.3 is 0 Å². The maximum Gasteiger partial charge on any atom is 0.159 e. The lowest BCUT2D eigenvalue weighted by molar-refractivity contribution is 0.728. The molecule has 0 fully saturated rings. The molecule has 0 amide bonds. The molecular weight excluding hydrogens is 326 g/mol. The standard InChI is InChI=1S/C19H27N5Si/c1-11-13(3)22-15(12(2)17(11)25(7,8)19(4,5)6)16-14-9-20-10-21-18(14)24-23-16/h9-10H,1-8H3,(H,20,21,23,24). The van der Waals surface area contributed by atoms with Crippen molar-refractivity contribution in [3.63, 3.8) is 0 Å². The zero-order valence-corrected chi connectivity index (χ0v) is 17.4. The predicted molar refractivity (Wildman–Crippen MR) is 106 cm³/mol. The van der Waals surface area contributed by atoms with Gasteiger partial charge in [-0.2, -0.15) is 5.10 Å². The van der Waals surface area contributed by atoms with Crippen molar-refractivity contribution in [2.45, 2.75) is 59.7 Å². The van der Waals surface area contributed by atoms with Crippen LogP contribution < -0.4 is 5.19 Å². The van der Waals surface area contributed by atoms with Crippen LogP contribution in [-0.4, -0.2) is 33.2 Å². The number of pyridine rings is 1. The van der Waals surface area contributed by atoms with Gasteiger partial charge in [-0.05, 0) is 42.1 Å². The number of H-pyrrole nitrogens is 1. The van der Waals surface area contributed by atoms with E-state index >= 15 is 0 Å². The van der Waals surface area contributed by atoms with Crippen molar-refractivity contribution >= 4 is 24.3 Å². The third kappa shape index (κ3) is 2.68. The molecule has 0 aliphatic heterocycles. The van der Waals surface area contributed by atoms with Crippen molar-refractivity contribution in [2.24, 2.45) is 0 Å². The van der Waals surface area contributed by atoms with Gasteiger partial charge in [0.25, 0.3) is 0 Å². The minimum absolute atomic E-state index is 0.254. The molecule has 1 N–H and O–H groups in total. The van der Waals surface area contributed by atoms with Crippen LogP contribution in [0.4, 0.5) is 0 Å². The highest BCUT2D eigenvalue weighted by molar-refractivity contribution is 6.92. The molecule has 0 saturated heterocycles. The highest BCUT2D eigenvalue weighted by Crippen LogP contribution is 2.38. The number of hydrogen-bond donors (Lipinski definition) is 1. The van der Waals surface area contributed by atoms with Crippen molar-refractivity contribution in [1.29, 1.82) is 0 Å². The molecule has 0 spiro atoms. The topological polar surface area (TPSA) is 67.3 Å². The Morgan fingerprint density at radius 2 is 1.68 bits per heavy atom. The Kier molecular flexibility index (Phi) is 4.06. The number of rotatable bonds is 2. The highest BCUT2D eigenvalue weighted by Gasteiger charge is 2.40. The van der Waals surface area contributed by atoms with E-state index in [9.17, 15) is 0 Å². The first-order chi connectivity index (χ1) is 11.6. The molecule has 0 unspecified atom stereocenters. The Balaban J connectivity index is 2.34. The molecule has 0 aliphatic carbocycles. The van der Waals surface area contributed by atoms with Gasteiger partial charge in [-0.1, -0.05) is 33.9 Å². The van der Waals surface area contributed by atoms with Gasteiger partial charge in [-0.15, -0.1) is 0 Å². The number of hydrogen-bond acceptors (Lipinski definition) is 4. The molecule has 3 aromatic heterocycles. The van der Waals surface area contributed by atoms with Crippen LogP contribution in [0.15, 0.2) is 12.5 Å². The van der Waals surface area contributed by atoms with Crippen LogP contribution in [0.3, 0.4) is 0 Å². The fourth-order valence-electron chi connectivity index (χ4n) is 3.40. The molecule has 6 heteroatoms. The normalized spacial score (nSPS) is 12.8. The average molecular weight is 354 g/mol. The first-order valence-corrected chi connectivity index (χ1v) is 11.7. The maximum atomic E-state index is 4.91. The fourth-order valence-corrected chi connectivity index (χ4v) is 6.32. The van der Waals surface area contributed by atoms with Gasteiger partial charge >= 0.3 is 0 Å². The number of aromatic nitrogens is 5. The Labute approximate surface area is 150 Å². The Bertz CT molecular complexity index is 950. The molecule has 132 valence electrons. The molecule has 0 aliphatic rings. The number of nitrogens with zero attached hydrogens (tertiary/aromatic N) is 4. The quantitative estimate of drug-likeness (QED) is 0.706. The van der Waals surface area contributed by atoms with Crippen molar-refractivity contribution < 1.29 is 0 Å². The number of fused-ring (bicyclic) bond motifs is 1. The van der Waals surface area contributed by atoms with E-state index < -0.39 is 8.07 Å². The van der Waals surface area contributed by atoms with E-state index in [1.165, 1.54) is 22.6 Å².